The zero-order valence-electron chi connectivity index (χ0n) is 15.4. The van der Waals surface area contributed by atoms with Crippen LogP contribution in [0.1, 0.15) is 12.6 Å². The number of halogens is 1. The molecule has 0 aliphatic rings. The molecule has 0 bridgehead atoms. The minimum atomic E-state index is -3.28. The van der Waals surface area contributed by atoms with Crippen LogP contribution in [0.2, 0.25) is 0 Å². The molecule has 0 N–H and O–H groups in total. The van der Waals surface area contributed by atoms with Crippen LogP contribution in [0, 0.1) is 5.82 Å². The SMILES string of the molecule is CCc1ccc2c(-c3ccc(S(C)(=O)=O)cc3)c(-c3ccc(F)cc3)nn2n1. The van der Waals surface area contributed by atoms with Gasteiger partial charge in [-0.1, -0.05) is 19.1 Å². The van der Waals surface area contributed by atoms with Gasteiger partial charge in [-0.05, 0) is 60.5 Å². The van der Waals surface area contributed by atoms with Gasteiger partial charge in [-0.2, -0.15) is 9.73 Å². The predicted octanol–water partition coefficient (Wildman–Crippen LogP) is 4.17. The lowest BCUT2D eigenvalue weighted by Crippen LogP contribution is -1.98. The van der Waals surface area contributed by atoms with Gasteiger partial charge >= 0.3 is 0 Å². The molecular formula is C21H18FN3O2S. The zero-order chi connectivity index (χ0) is 19.9. The van der Waals surface area contributed by atoms with Gasteiger partial charge in [0.25, 0.3) is 0 Å². The molecule has 0 aliphatic carbocycles. The van der Waals surface area contributed by atoms with Crippen molar-refractivity contribution in [2.75, 3.05) is 6.26 Å². The molecule has 2 aromatic heterocycles. The van der Waals surface area contributed by atoms with Gasteiger partial charge < -0.3 is 0 Å². The van der Waals surface area contributed by atoms with E-state index in [4.69, 9.17) is 0 Å². The van der Waals surface area contributed by atoms with Crippen molar-refractivity contribution in [2.24, 2.45) is 0 Å². The molecule has 0 radical (unpaired) electrons. The molecule has 28 heavy (non-hydrogen) atoms. The average molecular weight is 395 g/mol. The maximum absolute atomic E-state index is 13.4. The van der Waals surface area contributed by atoms with Crippen molar-refractivity contribution in [1.29, 1.82) is 0 Å². The van der Waals surface area contributed by atoms with E-state index in [2.05, 4.69) is 10.2 Å². The summed E-state index contributed by atoms with van der Waals surface area (Å²) in [5.41, 5.74) is 4.75. The highest BCUT2D eigenvalue weighted by atomic mass is 32.2. The molecule has 0 saturated heterocycles. The highest BCUT2D eigenvalue weighted by Gasteiger charge is 2.18. The van der Waals surface area contributed by atoms with Gasteiger partial charge in [0.1, 0.15) is 11.5 Å². The first kappa shape index (κ1) is 18.3. The van der Waals surface area contributed by atoms with Gasteiger partial charge in [0.2, 0.25) is 0 Å². The Morgan fingerprint density at radius 1 is 0.893 bits per heavy atom. The van der Waals surface area contributed by atoms with Crippen molar-refractivity contribution in [3.05, 3.63) is 72.2 Å². The molecule has 0 amide bonds. The molecular weight excluding hydrogens is 377 g/mol. The Bertz CT molecular complexity index is 1260. The van der Waals surface area contributed by atoms with E-state index >= 15 is 0 Å². The van der Waals surface area contributed by atoms with E-state index < -0.39 is 9.84 Å². The van der Waals surface area contributed by atoms with Gasteiger partial charge in [-0.25, -0.2) is 12.8 Å². The maximum atomic E-state index is 13.4. The minimum absolute atomic E-state index is 0.252. The van der Waals surface area contributed by atoms with Crippen LogP contribution in [0.15, 0.2) is 65.6 Å². The molecule has 2 heterocycles. The Balaban J connectivity index is 1.97. The fourth-order valence-corrected chi connectivity index (χ4v) is 3.76. The molecule has 2 aromatic carbocycles. The second-order valence-corrected chi connectivity index (χ2v) is 8.60. The lowest BCUT2D eigenvalue weighted by Gasteiger charge is -2.05. The third-order valence-electron chi connectivity index (χ3n) is 4.61. The predicted molar refractivity (Wildman–Crippen MR) is 106 cm³/mol. The summed E-state index contributed by atoms with van der Waals surface area (Å²) in [6.45, 7) is 2.02. The molecule has 0 fully saturated rings. The number of nitrogens with zero attached hydrogens (tertiary/aromatic N) is 3. The largest absolute Gasteiger partial charge is 0.224 e. The fourth-order valence-electron chi connectivity index (χ4n) is 3.13. The van der Waals surface area contributed by atoms with Crippen LogP contribution in [0.4, 0.5) is 4.39 Å². The van der Waals surface area contributed by atoms with Gasteiger partial charge in [0.05, 0.1) is 16.1 Å². The van der Waals surface area contributed by atoms with Gasteiger partial charge in [0.15, 0.2) is 9.84 Å². The number of fused-ring (bicyclic) bond motifs is 1. The first-order valence-corrected chi connectivity index (χ1v) is 10.7. The molecule has 7 heteroatoms. The second kappa shape index (κ2) is 6.83. The molecule has 4 aromatic rings. The molecule has 142 valence electrons. The smallest absolute Gasteiger partial charge is 0.175 e. The van der Waals surface area contributed by atoms with E-state index in [0.29, 0.717) is 5.69 Å². The summed E-state index contributed by atoms with van der Waals surface area (Å²) in [7, 11) is -3.28. The van der Waals surface area contributed by atoms with E-state index in [0.717, 1.165) is 34.3 Å². The summed E-state index contributed by atoms with van der Waals surface area (Å²) >= 11 is 0. The Kier molecular flexibility index (Phi) is 4.47. The van der Waals surface area contributed by atoms with E-state index in [1.165, 1.54) is 18.4 Å². The maximum Gasteiger partial charge on any atom is 0.175 e. The van der Waals surface area contributed by atoms with Crippen molar-refractivity contribution in [2.45, 2.75) is 18.2 Å². The first-order valence-electron chi connectivity index (χ1n) is 8.82. The summed E-state index contributed by atoms with van der Waals surface area (Å²) in [5, 5.41) is 9.17. The Morgan fingerprint density at radius 2 is 1.54 bits per heavy atom. The standard InChI is InChI=1S/C21H18FN3O2S/c1-3-17-10-13-19-20(14-6-11-18(12-7-14)28(2,26)27)21(24-25(19)23-17)15-4-8-16(22)9-5-15/h4-13H,3H2,1-2H3. The summed E-state index contributed by atoms with van der Waals surface area (Å²) in [6, 6.07) is 16.7. The number of benzene rings is 2. The lowest BCUT2D eigenvalue weighted by atomic mass is 10.00. The summed E-state index contributed by atoms with van der Waals surface area (Å²) in [6.07, 6.45) is 1.96. The van der Waals surface area contributed by atoms with Gasteiger partial charge in [-0.15, -0.1) is 5.10 Å². The number of sulfone groups is 1. The van der Waals surface area contributed by atoms with E-state index in [9.17, 15) is 12.8 Å². The molecule has 0 unspecified atom stereocenters. The van der Waals surface area contributed by atoms with E-state index in [1.807, 2.05) is 19.1 Å². The monoisotopic (exact) mass is 395 g/mol. The Morgan fingerprint density at radius 3 is 2.14 bits per heavy atom. The minimum Gasteiger partial charge on any atom is -0.224 e. The third kappa shape index (κ3) is 3.29. The van der Waals surface area contributed by atoms with Gasteiger partial charge in [-0.3, -0.25) is 0 Å². The highest BCUT2D eigenvalue weighted by Crippen LogP contribution is 2.35. The third-order valence-corrected chi connectivity index (χ3v) is 5.74. The summed E-state index contributed by atoms with van der Waals surface area (Å²) < 4.78 is 38.5. The topological polar surface area (TPSA) is 64.3 Å². The summed E-state index contributed by atoms with van der Waals surface area (Å²) in [5.74, 6) is -0.321. The number of aryl methyl sites for hydroxylation is 1. The van der Waals surface area contributed by atoms with Gasteiger partial charge in [0, 0.05) is 17.4 Å². The molecule has 0 saturated carbocycles. The second-order valence-electron chi connectivity index (χ2n) is 6.58. The Hall–Kier alpha value is -3.06. The van der Waals surface area contributed by atoms with Crippen molar-refractivity contribution in [3.63, 3.8) is 0 Å². The number of hydrogen-bond donors (Lipinski definition) is 0. The van der Waals surface area contributed by atoms with Crippen LogP contribution in [0.5, 0.6) is 0 Å². The van der Waals surface area contributed by atoms with Crippen LogP contribution in [0.25, 0.3) is 27.9 Å². The van der Waals surface area contributed by atoms with Crippen molar-refractivity contribution in [3.8, 4) is 22.4 Å². The van der Waals surface area contributed by atoms with Crippen molar-refractivity contribution >= 4 is 15.4 Å². The lowest BCUT2D eigenvalue weighted by molar-refractivity contribution is 0.602. The first-order chi connectivity index (χ1) is 13.4. The normalized spacial score (nSPS) is 11.8. The fraction of sp³-hybridized carbons (Fsp3) is 0.143. The molecule has 0 spiro atoms. The van der Waals surface area contributed by atoms with Crippen molar-refractivity contribution in [1.82, 2.24) is 14.8 Å². The number of rotatable bonds is 4. The van der Waals surface area contributed by atoms with Crippen LogP contribution < -0.4 is 0 Å². The molecule has 5 nitrogen and oxygen atoms in total. The van der Waals surface area contributed by atoms with Crippen LogP contribution >= 0.6 is 0 Å². The average Bonchev–Trinajstić information content (AvgIpc) is 3.06. The van der Waals surface area contributed by atoms with E-state index in [-0.39, 0.29) is 10.7 Å². The summed E-state index contributed by atoms with van der Waals surface area (Å²) in [4.78, 5) is 0.252. The van der Waals surface area contributed by atoms with Crippen molar-refractivity contribution < 1.29 is 12.8 Å². The Labute approximate surface area is 162 Å². The number of aromatic nitrogens is 3. The molecule has 4 rings (SSSR count). The zero-order valence-corrected chi connectivity index (χ0v) is 16.2. The highest BCUT2D eigenvalue weighted by molar-refractivity contribution is 7.90. The molecule has 0 aliphatic heterocycles. The molecule has 0 atom stereocenters. The quantitative estimate of drug-likeness (QED) is 0.520. The van der Waals surface area contributed by atoms with Crippen LogP contribution in [0.3, 0.4) is 0 Å². The van der Waals surface area contributed by atoms with Crippen LogP contribution in [-0.2, 0) is 16.3 Å². The van der Waals surface area contributed by atoms with Crippen LogP contribution in [-0.4, -0.2) is 29.5 Å². The van der Waals surface area contributed by atoms with E-state index in [1.54, 1.807) is 41.0 Å². The number of hydrogen-bond acceptors (Lipinski definition) is 4.